The van der Waals surface area contributed by atoms with E-state index < -0.39 is 9.85 Å². The molecule has 2 aromatic rings. The third-order valence-electron chi connectivity index (χ3n) is 5.83. The summed E-state index contributed by atoms with van der Waals surface area (Å²) in [5.74, 6) is 0. The van der Waals surface area contributed by atoms with Crippen LogP contribution in [0.15, 0.2) is 48.6 Å². The van der Waals surface area contributed by atoms with E-state index in [-0.39, 0.29) is 11.4 Å². The average molecular weight is 465 g/mol. The van der Waals surface area contributed by atoms with Crippen molar-refractivity contribution in [2.45, 2.75) is 78.1 Å². The van der Waals surface area contributed by atoms with Gasteiger partial charge < -0.3 is 0 Å². The van der Waals surface area contributed by atoms with Gasteiger partial charge in [0, 0.05) is 24.3 Å². The molecule has 0 N–H and O–H groups in total. The Labute approximate surface area is 202 Å². The molecule has 0 unspecified atom stereocenters. The van der Waals surface area contributed by atoms with E-state index in [0.717, 1.165) is 60.8 Å². The van der Waals surface area contributed by atoms with Crippen molar-refractivity contribution in [2.75, 3.05) is 0 Å². The number of nitro groups is 2. The van der Waals surface area contributed by atoms with E-state index in [1.165, 1.54) is 37.8 Å². The van der Waals surface area contributed by atoms with Gasteiger partial charge in [-0.05, 0) is 60.1 Å². The first kappa shape index (κ1) is 27.0. The molecule has 0 aliphatic carbocycles. The van der Waals surface area contributed by atoms with Crippen molar-refractivity contribution in [1.82, 2.24) is 0 Å². The van der Waals surface area contributed by atoms with E-state index in [4.69, 9.17) is 0 Å². The Kier molecular flexibility index (Phi) is 11.7. The molecular formula is C28H36N2O4. The second-order valence-electron chi connectivity index (χ2n) is 8.56. The quantitative estimate of drug-likeness (QED) is 0.149. The summed E-state index contributed by atoms with van der Waals surface area (Å²) >= 11 is 0. The first-order valence-corrected chi connectivity index (χ1v) is 12.4. The van der Waals surface area contributed by atoms with Crippen LogP contribution in [0.4, 0.5) is 11.4 Å². The zero-order valence-corrected chi connectivity index (χ0v) is 20.4. The van der Waals surface area contributed by atoms with Crippen LogP contribution in [0.2, 0.25) is 0 Å². The Hall–Kier alpha value is -3.28. The second-order valence-corrected chi connectivity index (χ2v) is 8.56. The number of nitrogens with zero attached hydrogens (tertiary/aromatic N) is 2. The van der Waals surface area contributed by atoms with Gasteiger partial charge >= 0.3 is 0 Å². The number of hydrogen-bond donors (Lipinski definition) is 0. The van der Waals surface area contributed by atoms with Gasteiger partial charge in [-0.3, -0.25) is 20.2 Å². The zero-order chi connectivity index (χ0) is 24.8. The molecule has 0 aromatic heterocycles. The van der Waals surface area contributed by atoms with Crippen molar-refractivity contribution in [3.8, 4) is 11.1 Å². The Morgan fingerprint density at radius 1 is 0.647 bits per heavy atom. The molecule has 0 aliphatic heterocycles. The van der Waals surface area contributed by atoms with E-state index in [1.807, 2.05) is 12.2 Å². The number of benzene rings is 2. The summed E-state index contributed by atoms with van der Waals surface area (Å²) in [4.78, 5) is 22.0. The van der Waals surface area contributed by atoms with Crippen LogP contribution in [0.3, 0.4) is 0 Å². The van der Waals surface area contributed by atoms with Crippen molar-refractivity contribution in [2.24, 2.45) is 0 Å². The molecule has 2 aromatic carbocycles. The number of nitro benzene ring substituents is 2. The van der Waals surface area contributed by atoms with Gasteiger partial charge in [-0.1, -0.05) is 76.7 Å². The number of hydrogen-bond acceptors (Lipinski definition) is 4. The number of rotatable bonds is 15. The summed E-state index contributed by atoms with van der Waals surface area (Å²) in [6, 6.07) is 9.64. The van der Waals surface area contributed by atoms with Crippen LogP contribution in [-0.4, -0.2) is 9.85 Å². The van der Waals surface area contributed by atoms with Gasteiger partial charge in [0.15, 0.2) is 0 Å². The normalized spacial score (nSPS) is 11.5. The topological polar surface area (TPSA) is 86.3 Å². The SMILES string of the molecule is CCCCCC/C=C/c1cc([N+](=O)[O-])ccc1-c1ccc([N+](=O)[O-])cc1/C=C/CCCCCC. The Morgan fingerprint density at radius 3 is 1.41 bits per heavy atom. The lowest BCUT2D eigenvalue weighted by atomic mass is 9.93. The highest BCUT2D eigenvalue weighted by atomic mass is 16.6. The van der Waals surface area contributed by atoms with Crippen LogP contribution in [0.1, 0.15) is 89.2 Å². The van der Waals surface area contributed by atoms with Crippen LogP contribution >= 0.6 is 0 Å². The molecule has 0 atom stereocenters. The van der Waals surface area contributed by atoms with Crippen molar-refractivity contribution in [3.63, 3.8) is 0 Å². The molecule has 6 heteroatoms. The van der Waals surface area contributed by atoms with E-state index >= 15 is 0 Å². The monoisotopic (exact) mass is 464 g/mol. The zero-order valence-electron chi connectivity index (χ0n) is 20.4. The summed E-state index contributed by atoms with van der Waals surface area (Å²) < 4.78 is 0. The Bertz CT molecular complexity index is 930. The molecule has 6 nitrogen and oxygen atoms in total. The molecule has 0 fully saturated rings. The van der Waals surface area contributed by atoms with Crippen LogP contribution in [0.5, 0.6) is 0 Å². The molecule has 0 aliphatic rings. The predicted octanol–water partition coefficient (Wildman–Crippen LogP) is 9.14. The lowest BCUT2D eigenvalue weighted by Crippen LogP contribution is -1.94. The smallest absolute Gasteiger partial charge is 0.258 e. The van der Waals surface area contributed by atoms with Crippen molar-refractivity contribution in [3.05, 3.63) is 79.9 Å². The summed E-state index contributed by atoms with van der Waals surface area (Å²) in [6.45, 7) is 4.35. The van der Waals surface area contributed by atoms with Crippen molar-refractivity contribution < 1.29 is 9.85 Å². The van der Waals surface area contributed by atoms with E-state index in [2.05, 4.69) is 26.0 Å². The van der Waals surface area contributed by atoms with Gasteiger partial charge in [0.1, 0.15) is 0 Å². The summed E-state index contributed by atoms with van der Waals surface area (Å²) in [5.41, 5.74) is 3.22. The van der Waals surface area contributed by atoms with Crippen molar-refractivity contribution >= 4 is 23.5 Å². The summed E-state index contributed by atoms with van der Waals surface area (Å²) in [5, 5.41) is 22.8. The third-order valence-corrected chi connectivity index (χ3v) is 5.83. The van der Waals surface area contributed by atoms with E-state index in [9.17, 15) is 20.2 Å². The summed E-state index contributed by atoms with van der Waals surface area (Å²) in [7, 11) is 0. The predicted molar refractivity (Wildman–Crippen MR) is 141 cm³/mol. The standard InChI is InChI=1S/C28H36N2O4/c1-3-5-7-9-11-13-15-23-21-25(29(31)32)17-19-27(23)28-20-18-26(30(33)34)22-24(28)16-14-12-10-8-6-4-2/h13-22H,3-12H2,1-2H3/b15-13+,16-14+. The van der Waals surface area contributed by atoms with Gasteiger partial charge in [-0.15, -0.1) is 0 Å². The maximum atomic E-state index is 11.4. The number of allylic oxidation sites excluding steroid dienone is 2. The highest BCUT2D eigenvalue weighted by Crippen LogP contribution is 2.34. The maximum absolute atomic E-state index is 11.4. The first-order valence-electron chi connectivity index (χ1n) is 12.4. The fraction of sp³-hybridized carbons (Fsp3) is 0.429. The fourth-order valence-electron chi connectivity index (χ4n) is 3.89. The van der Waals surface area contributed by atoms with Crippen molar-refractivity contribution in [1.29, 1.82) is 0 Å². The Morgan fingerprint density at radius 2 is 1.06 bits per heavy atom. The van der Waals surface area contributed by atoms with Gasteiger partial charge in [0.05, 0.1) is 9.85 Å². The molecule has 0 saturated carbocycles. The second kappa shape index (κ2) is 14.8. The highest BCUT2D eigenvalue weighted by molar-refractivity contribution is 5.83. The molecule has 2 rings (SSSR count). The minimum Gasteiger partial charge on any atom is -0.258 e. The van der Waals surface area contributed by atoms with Crippen LogP contribution in [0.25, 0.3) is 23.3 Å². The van der Waals surface area contributed by atoms with Crippen LogP contribution in [0, 0.1) is 20.2 Å². The van der Waals surface area contributed by atoms with Crippen LogP contribution in [-0.2, 0) is 0 Å². The molecule has 0 heterocycles. The minimum atomic E-state index is -0.394. The molecule has 34 heavy (non-hydrogen) atoms. The molecule has 0 radical (unpaired) electrons. The minimum absolute atomic E-state index is 0.0318. The number of non-ortho nitro benzene ring substituents is 2. The largest absolute Gasteiger partial charge is 0.270 e. The average Bonchev–Trinajstić information content (AvgIpc) is 2.83. The maximum Gasteiger partial charge on any atom is 0.270 e. The molecule has 0 spiro atoms. The lowest BCUT2D eigenvalue weighted by molar-refractivity contribution is -0.385. The highest BCUT2D eigenvalue weighted by Gasteiger charge is 2.15. The lowest BCUT2D eigenvalue weighted by Gasteiger charge is -2.11. The summed E-state index contributed by atoms with van der Waals surface area (Å²) in [6.07, 6.45) is 19.1. The third kappa shape index (κ3) is 8.58. The molecule has 182 valence electrons. The molecule has 0 bridgehead atoms. The first-order chi connectivity index (χ1) is 16.5. The van der Waals surface area contributed by atoms with Gasteiger partial charge in [-0.25, -0.2) is 0 Å². The Balaban J connectivity index is 2.40. The molecule has 0 amide bonds. The fourth-order valence-corrected chi connectivity index (χ4v) is 3.89. The van der Waals surface area contributed by atoms with Crippen LogP contribution < -0.4 is 0 Å². The van der Waals surface area contributed by atoms with E-state index in [0.29, 0.717) is 0 Å². The van der Waals surface area contributed by atoms with E-state index in [1.54, 1.807) is 24.3 Å². The number of unbranched alkanes of at least 4 members (excludes halogenated alkanes) is 8. The molecule has 0 saturated heterocycles. The van der Waals surface area contributed by atoms with Gasteiger partial charge in [0.25, 0.3) is 11.4 Å². The molecular weight excluding hydrogens is 428 g/mol. The van der Waals surface area contributed by atoms with Gasteiger partial charge in [-0.2, -0.15) is 0 Å². The van der Waals surface area contributed by atoms with Gasteiger partial charge in [0.2, 0.25) is 0 Å².